The van der Waals surface area contributed by atoms with Crippen molar-refractivity contribution >= 4 is 23.4 Å². The van der Waals surface area contributed by atoms with Gasteiger partial charge in [0.1, 0.15) is 0 Å². The first-order chi connectivity index (χ1) is 14.2. The van der Waals surface area contributed by atoms with Gasteiger partial charge in [-0.1, -0.05) is 42.5 Å². The third-order valence-electron chi connectivity index (χ3n) is 4.69. The SMILES string of the molecule is CSc1ccc(NC(=O)c2ccccc2-c2ccc(Cn3cccn3)cc2)cc1. The van der Waals surface area contributed by atoms with Crippen LogP contribution < -0.4 is 5.32 Å². The van der Waals surface area contributed by atoms with Gasteiger partial charge < -0.3 is 5.32 Å². The Balaban J connectivity index is 1.55. The Kier molecular flexibility index (Phi) is 5.77. The first-order valence-corrected chi connectivity index (χ1v) is 10.6. The van der Waals surface area contributed by atoms with Crippen LogP contribution in [0.5, 0.6) is 0 Å². The Morgan fingerprint density at radius 3 is 2.41 bits per heavy atom. The number of hydrogen-bond donors (Lipinski definition) is 1. The number of nitrogens with one attached hydrogen (secondary N) is 1. The van der Waals surface area contributed by atoms with Crippen molar-refractivity contribution in [2.45, 2.75) is 11.4 Å². The molecule has 5 heteroatoms. The highest BCUT2D eigenvalue weighted by atomic mass is 32.2. The maximum absolute atomic E-state index is 12.9. The monoisotopic (exact) mass is 399 g/mol. The smallest absolute Gasteiger partial charge is 0.256 e. The molecule has 0 bridgehead atoms. The van der Waals surface area contributed by atoms with Gasteiger partial charge in [-0.15, -0.1) is 11.8 Å². The molecule has 0 aliphatic rings. The molecule has 0 aliphatic carbocycles. The minimum absolute atomic E-state index is 0.113. The fraction of sp³-hybridized carbons (Fsp3) is 0.0833. The highest BCUT2D eigenvalue weighted by Gasteiger charge is 2.13. The summed E-state index contributed by atoms with van der Waals surface area (Å²) in [6.07, 6.45) is 5.75. The summed E-state index contributed by atoms with van der Waals surface area (Å²) in [7, 11) is 0. The number of carbonyl (C=O) groups is 1. The fourth-order valence-corrected chi connectivity index (χ4v) is 3.58. The van der Waals surface area contributed by atoms with Gasteiger partial charge in [0.25, 0.3) is 5.91 Å². The van der Waals surface area contributed by atoms with Gasteiger partial charge in [-0.2, -0.15) is 5.10 Å². The van der Waals surface area contributed by atoms with Crippen LogP contribution in [0, 0.1) is 0 Å². The van der Waals surface area contributed by atoms with Gasteiger partial charge in [-0.25, -0.2) is 0 Å². The molecule has 29 heavy (non-hydrogen) atoms. The van der Waals surface area contributed by atoms with Gasteiger partial charge in [-0.05, 0) is 59.3 Å². The van der Waals surface area contributed by atoms with E-state index in [4.69, 9.17) is 0 Å². The number of aromatic nitrogens is 2. The molecule has 0 unspecified atom stereocenters. The Morgan fingerprint density at radius 1 is 0.966 bits per heavy atom. The van der Waals surface area contributed by atoms with Gasteiger partial charge in [-0.3, -0.25) is 9.48 Å². The lowest BCUT2D eigenvalue weighted by Gasteiger charge is -2.11. The van der Waals surface area contributed by atoms with E-state index in [-0.39, 0.29) is 5.91 Å². The number of carbonyl (C=O) groups excluding carboxylic acids is 1. The predicted octanol–water partition coefficient (Wildman–Crippen LogP) is 5.57. The standard InChI is InChI=1S/C24H21N3OS/c1-29-21-13-11-20(12-14-21)26-24(28)23-6-3-2-5-22(23)19-9-7-18(8-10-19)17-27-16-4-15-25-27/h2-16H,17H2,1H3,(H,26,28). The van der Waals surface area contributed by atoms with E-state index >= 15 is 0 Å². The van der Waals surface area contributed by atoms with E-state index in [0.29, 0.717) is 5.56 Å². The van der Waals surface area contributed by atoms with Crippen LogP contribution in [-0.4, -0.2) is 21.9 Å². The van der Waals surface area contributed by atoms with Crippen molar-refractivity contribution in [2.75, 3.05) is 11.6 Å². The van der Waals surface area contributed by atoms with E-state index in [1.165, 1.54) is 4.90 Å². The normalized spacial score (nSPS) is 10.7. The molecule has 0 aliphatic heterocycles. The molecule has 4 aromatic rings. The zero-order chi connectivity index (χ0) is 20.1. The van der Waals surface area contributed by atoms with Gasteiger partial charge in [0.05, 0.1) is 6.54 Å². The lowest BCUT2D eigenvalue weighted by Crippen LogP contribution is -2.13. The first kappa shape index (κ1) is 19.0. The van der Waals surface area contributed by atoms with Gasteiger partial charge in [0.2, 0.25) is 0 Å². The number of nitrogens with zero attached hydrogens (tertiary/aromatic N) is 2. The molecule has 0 atom stereocenters. The lowest BCUT2D eigenvalue weighted by molar-refractivity contribution is 0.102. The van der Waals surface area contributed by atoms with Crippen molar-refractivity contribution in [1.82, 2.24) is 9.78 Å². The summed E-state index contributed by atoms with van der Waals surface area (Å²) in [6, 6.07) is 25.7. The molecule has 3 aromatic carbocycles. The summed E-state index contributed by atoms with van der Waals surface area (Å²) < 4.78 is 1.89. The number of benzene rings is 3. The summed E-state index contributed by atoms with van der Waals surface area (Å²) in [5, 5.41) is 7.24. The van der Waals surface area contributed by atoms with Crippen molar-refractivity contribution in [3.05, 3.63) is 102 Å². The molecule has 0 spiro atoms. The topological polar surface area (TPSA) is 46.9 Å². The van der Waals surface area contributed by atoms with Gasteiger partial charge in [0, 0.05) is 28.5 Å². The van der Waals surface area contributed by atoms with E-state index in [0.717, 1.165) is 28.9 Å². The molecule has 144 valence electrons. The summed E-state index contributed by atoms with van der Waals surface area (Å²) in [5.74, 6) is -0.113. The van der Waals surface area contributed by atoms with Crippen LogP contribution in [0.4, 0.5) is 5.69 Å². The van der Waals surface area contributed by atoms with Crippen molar-refractivity contribution in [3.63, 3.8) is 0 Å². The van der Waals surface area contributed by atoms with E-state index in [9.17, 15) is 4.79 Å². The molecular formula is C24H21N3OS. The van der Waals surface area contributed by atoms with Crippen molar-refractivity contribution in [3.8, 4) is 11.1 Å². The summed E-state index contributed by atoms with van der Waals surface area (Å²) >= 11 is 1.68. The van der Waals surface area contributed by atoms with Crippen LogP contribution in [0.2, 0.25) is 0 Å². The molecule has 4 nitrogen and oxygen atoms in total. The molecule has 1 amide bonds. The molecule has 1 N–H and O–H groups in total. The van der Waals surface area contributed by atoms with Crippen molar-refractivity contribution in [2.24, 2.45) is 0 Å². The Morgan fingerprint density at radius 2 is 1.72 bits per heavy atom. The highest BCUT2D eigenvalue weighted by molar-refractivity contribution is 7.98. The summed E-state index contributed by atoms with van der Waals surface area (Å²) in [5.41, 5.74) is 4.53. The first-order valence-electron chi connectivity index (χ1n) is 9.34. The maximum Gasteiger partial charge on any atom is 0.256 e. The number of thioether (sulfide) groups is 1. The van der Waals surface area contributed by atoms with Gasteiger partial charge in [0.15, 0.2) is 0 Å². The lowest BCUT2D eigenvalue weighted by atomic mass is 9.98. The van der Waals surface area contributed by atoms with E-state index in [1.807, 2.05) is 71.7 Å². The summed E-state index contributed by atoms with van der Waals surface area (Å²) in [4.78, 5) is 14.1. The van der Waals surface area contributed by atoms with Gasteiger partial charge >= 0.3 is 0 Å². The molecule has 1 aromatic heterocycles. The zero-order valence-corrected chi connectivity index (χ0v) is 16.9. The molecule has 0 saturated carbocycles. The fourth-order valence-electron chi connectivity index (χ4n) is 3.18. The number of anilines is 1. The Bertz CT molecular complexity index is 1090. The van der Waals surface area contributed by atoms with Crippen LogP contribution in [-0.2, 0) is 6.54 Å². The second-order valence-electron chi connectivity index (χ2n) is 6.63. The number of rotatable bonds is 6. The van der Waals surface area contributed by atoms with E-state index in [2.05, 4.69) is 34.7 Å². The third-order valence-corrected chi connectivity index (χ3v) is 5.43. The number of amides is 1. The van der Waals surface area contributed by atoms with Crippen LogP contribution in [0.15, 0.2) is 96.2 Å². The number of hydrogen-bond acceptors (Lipinski definition) is 3. The molecule has 0 saturated heterocycles. The van der Waals surface area contributed by atoms with Crippen molar-refractivity contribution < 1.29 is 4.79 Å². The van der Waals surface area contributed by atoms with Crippen molar-refractivity contribution in [1.29, 1.82) is 0 Å². The second-order valence-corrected chi connectivity index (χ2v) is 7.51. The van der Waals surface area contributed by atoms with E-state index < -0.39 is 0 Å². The maximum atomic E-state index is 12.9. The second kappa shape index (κ2) is 8.80. The predicted molar refractivity (Wildman–Crippen MR) is 119 cm³/mol. The molecule has 4 rings (SSSR count). The summed E-state index contributed by atoms with van der Waals surface area (Å²) in [6.45, 7) is 0.724. The van der Waals surface area contributed by atoms with Crippen LogP contribution >= 0.6 is 11.8 Å². The zero-order valence-electron chi connectivity index (χ0n) is 16.1. The largest absolute Gasteiger partial charge is 0.322 e. The molecule has 0 radical (unpaired) electrons. The van der Waals surface area contributed by atoms with Crippen LogP contribution in [0.3, 0.4) is 0 Å². The quantitative estimate of drug-likeness (QED) is 0.431. The molecule has 1 heterocycles. The Hall–Kier alpha value is -3.31. The average Bonchev–Trinajstić information content (AvgIpc) is 3.28. The molecule has 0 fully saturated rings. The van der Waals surface area contributed by atoms with Crippen LogP contribution in [0.25, 0.3) is 11.1 Å². The third kappa shape index (κ3) is 4.58. The Labute approximate surface area is 174 Å². The molecular weight excluding hydrogens is 378 g/mol. The minimum Gasteiger partial charge on any atom is -0.322 e. The van der Waals surface area contributed by atoms with E-state index in [1.54, 1.807) is 18.0 Å². The average molecular weight is 400 g/mol. The van der Waals surface area contributed by atoms with Crippen LogP contribution in [0.1, 0.15) is 15.9 Å². The minimum atomic E-state index is -0.113. The highest BCUT2D eigenvalue weighted by Crippen LogP contribution is 2.26.